The first-order chi connectivity index (χ1) is 13.5. The Bertz CT molecular complexity index is 983. The Morgan fingerprint density at radius 1 is 1.04 bits per heavy atom. The second-order valence-corrected chi connectivity index (χ2v) is 7.92. The Labute approximate surface area is 164 Å². The predicted octanol–water partition coefficient (Wildman–Crippen LogP) is 0.635. The van der Waals surface area contributed by atoms with Gasteiger partial charge < -0.3 is 9.80 Å². The third-order valence-corrected chi connectivity index (χ3v) is 5.85. The van der Waals surface area contributed by atoms with E-state index in [0.29, 0.717) is 37.2 Å². The molecule has 0 atom stereocenters. The van der Waals surface area contributed by atoms with Crippen LogP contribution in [0.3, 0.4) is 0 Å². The number of carbonyl (C=O) groups excluding carboxylic acids is 2. The first kappa shape index (κ1) is 18.6. The van der Waals surface area contributed by atoms with Crippen LogP contribution >= 0.6 is 0 Å². The van der Waals surface area contributed by atoms with Crippen LogP contribution in [0.5, 0.6) is 0 Å². The number of pyridine rings is 1. The van der Waals surface area contributed by atoms with Crippen LogP contribution < -0.4 is 10.5 Å². The Kier molecular flexibility index (Phi) is 4.89. The maximum atomic E-state index is 13.4. The van der Waals surface area contributed by atoms with E-state index in [0.717, 1.165) is 30.8 Å². The van der Waals surface area contributed by atoms with Gasteiger partial charge in [-0.1, -0.05) is 17.7 Å². The van der Waals surface area contributed by atoms with Crippen LogP contribution in [0.25, 0.3) is 5.69 Å². The number of benzene rings is 1. The van der Waals surface area contributed by atoms with Crippen molar-refractivity contribution in [2.75, 3.05) is 33.2 Å². The molecule has 1 N–H and O–H groups in total. The molecule has 1 fully saturated rings. The number of likely N-dealkylation sites (N-methyl/N-ethyl adjacent to an activating group) is 1. The molecule has 1 aliphatic heterocycles. The van der Waals surface area contributed by atoms with E-state index in [4.69, 9.17) is 0 Å². The molecule has 0 bridgehead atoms. The lowest BCUT2D eigenvalue weighted by Crippen LogP contribution is -3.12. The summed E-state index contributed by atoms with van der Waals surface area (Å²) in [5.74, 6) is -0.251. The van der Waals surface area contributed by atoms with Crippen LogP contribution in [-0.2, 0) is 6.42 Å². The van der Waals surface area contributed by atoms with Crippen LogP contribution in [0, 0.1) is 6.92 Å². The predicted molar refractivity (Wildman–Crippen MR) is 107 cm³/mol. The molecule has 1 saturated heterocycles. The van der Waals surface area contributed by atoms with E-state index in [1.807, 2.05) is 31.2 Å². The zero-order chi connectivity index (χ0) is 19.8. The lowest BCUT2D eigenvalue weighted by Gasteiger charge is -2.30. The summed E-state index contributed by atoms with van der Waals surface area (Å²) >= 11 is 0. The number of carbonyl (C=O) groups is 2. The lowest BCUT2D eigenvalue weighted by molar-refractivity contribution is -0.883. The molecule has 4 rings (SSSR count). The molecule has 2 heterocycles. The van der Waals surface area contributed by atoms with Crippen molar-refractivity contribution in [2.45, 2.75) is 26.2 Å². The van der Waals surface area contributed by atoms with Gasteiger partial charge in [-0.25, -0.2) is 0 Å². The van der Waals surface area contributed by atoms with Gasteiger partial charge in [0.05, 0.1) is 33.2 Å². The minimum absolute atomic E-state index is 0.0129. The standard InChI is InChI=1S/C22H25N3O3/c1-15-6-8-16(9-7-15)25-19-4-3-5-20(26)17(19)14-18(22(25)28)21(27)24-12-10-23(2)11-13-24/h6-9,14H,3-5,10-13H2,1-2H3/p+1. The van der Waals surface area contributed by atoms with Crippen molar-refractivity contribution < 1.29 is 14.5 Å². The van der Waals surface area contributed by atoms with Gasteiger partial charge in [0.1, 0.15) is 5.56 Å². The Balaban J connectivity index is 1.86. The number of hydrogen-bond donors (Lipinski definition) is 1. The smallest absolute Gasteiger partial charge is 0.268 e. The molecule has 0 radical (unpaired) electrons. The van der Waals surface area contributed by atoms with Gasteiger partial charge in [-0.2, -0.15) is 0 Å². The second kappa shape index (κ2) is 7.36. The van der Waals surface area contributed by atoms with Gasteiger partial charge in [0.25, 0.3) is 11.5 Å². The number of fused-ring (bicyclic) bond motifs is 1. The number of nitrogens with one attached hydrogen (secondary N) is 1. The van der Waals surface area contributed by atoms with E-state index in [-0.39, 0.29) is 22.8 Å². The zero-order valence-electron chi connectivity index (χ0n) is 16.5. The topological polar surface area (TPSA) is 63.8 Å². The van der Waals surface area contributed by atoms with Crippen LogP contribution in [0.2, 0.25) is 0 Å². The molecular formula is C22H26N3O3+. The molecule has 28 heavy (non-hydrogen) atoms. The lowest BCUT2D eigenvalue weighted by atomic mass is 9.92. The summed E-state index contributed by atoms with van der Waals surface area (Å²) in [6, 6.07) is 9.19. The van der Waals surface area contributed by atoms with E-state index in [1.54, 1.807) is 15.5 Å². The van der Waals surface area contributed by atoms with Gasteiger partial charge in [-0.05, 0) is 38.0 Å². The molecule has 0 spiro atoms. The van der Waals surface area contributed by atoms with Gasteiger partial charge in [0.2, 0.25) is 0 Å². The Morgan fingerprint density at radius 2 is 1.71 bits per heavy atom. The molecular weight excluding hydrogens is 354 g/mol. The Hall–Kier alpha value is -2.73. The monoisotopic (exact) mass is 380 g/mol. The van der Waals surface area contributed by atoms with Gasteiger partial charge in [0.15, 0.2) is 5.78 Å². The number of rotatable bonds is 2. The van der Waals surface area contributed by atoms with Crippen molar-refractivity contribution in [3.8, 4) is 5.69 Å². The van der Waals surface area contributed by atoms with Crippen molar-refractivity contribution in [3.63, 3.8) is 0 Å². The molecule has 1 aromatic carbocycles. The highest BCUT2D eigenvalue weighted by Gasteiger charge is 2.29. The van der Waals surface area contributed by atoms with E-state index >= 15 is 0 Å². The molecule has 6 heteroatoms. The maximum absolute atomic E-state index is 13.4. The van der Waals surface area contributed by atoms with Crippen LogP contribution in [0.4, 0.5) is 0 Å². The zero-order valence-corrected chi connectivity index (χ0v) is 16.5. The minimum Gasteiger partial charge on any atom is -0.334 e. The number of ketones is 1. The number of hydrogen-bond acceptors (Lipinski definition) is 3. The quantitative estimate of drug-likeness (QED) is 0.832. The fraction of sp³-hybridized carbons (Fsp3) is 0.409. The van der Waals surface area contributed by atoms with Crippen LogP contribution in [-0.4, -0.2) is 54.4 Å². The average molecular weight is 380 g/mol. The number of aryl methyl sites for hydroxylation is 1. The highest BCUT2D eigenvalue weighted by Crippen LogP contribution is 2.24. The van der Waals surface area contributed by atoms with E-state index < -0.39 is 0 Å². The summed E-state index contributed by atoms with van der Waals surface area (Å²) in [7, 11) is 2.10. The number of piperazine rings is 1. The third kappa shape index (κ3) is 3.29. The number of Topliss-reactive ketones (excluding diaryl/α,β-unsaturated/α-hetero) is 1. The summed E-state index contributed by atoms with van der Waals surface area (Å²) in [6.07, 6.45) is 1.85. The van der Waals surface area contributed by atoms with Crippen molar-refractivity contribution in [2.24, 2.45) is 0 Å². The fourth-order valence-corrected chi connectivity index (χ4v) is 4.07. The first-order valence-electron chi connectivity index (χ1n) is 9.95. The normalized spacial score (nSPS) is 17.5. The largest absolute Gasteiger partial charge is 0.334 e. The molecule has 6 nitrogen and oxygen atoms in total. The molecule has 146 valence electrons. The molecule has 1 amide bonds. The highest BCUT2D eigenvalue weighted by molar-refractivity contribution is 6.02. The third-order valence-electron chi connectivity index (χ3n) is 5.85. The van der Waals surface area contributed by atoms with Crippen molar-refractivity contribution in [1.29, 1.82) is 0 Å². The highest BCUT2D eigenvalue weighted by atomic mass is 16.2. The average Bonchev–Trinajstić information content (AvgIpc) is 2.69. The molecule has 2 aromatic rings. The first-order valence-corrected chi connectivity index (χ1v) is 9.95. The number of amides is 1. The van der Waals surface area contributed by atoms with Crippen LogP contribution in [0.15, 0.2) is 35.1 Å². The second-order valence-electron chi connectivity index (χ2n) is 7.92. The Morgan fingerprint density at radius 3 is 2.39 bits per heavy atom. The summed E-state index contributed by atoms with van der Waals surface area (Å²) in [6.45, 7) is 4.96. The van der Waals surface area contributed by atoms with Gasteiger partial charge in [0, 0.05) is 23.4 Å². The van der Waals surface area contributed by atoms with E-state index in [2.05, 4.69) is 7.05 Å². The van der Waals surface area contributed by atoms with Gasteiger partial charge in [-0.15, -0.1) is 0 Å². The number of nitrogens with zero attached hydrogens (tertiary/aromatic N) is 2. The summed E-state index contributed by atoms with van der Waals surface area (Å²) < 4.78 is 1.58. The molecule has 0 unspecified atom stereocenters. The van der Waals surface area contributed by atoms with Crippen molar-refractivity contribution >= 4 is 11.7 Å². The van der Waals surface area contributed by atoms with Gasteiger partial charge in [-0.3, -0.25) is 19.0 Å². The maximum Gasteiger partial charge on any atom is 0.268 e. The van der Waals surface area contributed by atoms with E-state index in [9.17, 15) is 14.4 Å². The summed E-state index contributed by atoms with van der Waals surface area (Å²) in [4.78, 5) is 42.2. The molecule has 0 saturated carbocycles. The molecule has 1 aliphatic carbocycles. The van der Waals surface area contributed by atoms with Crippen LogP contribution in [0.1, 0.15) is 44.8 Å². The minimum atomic E-state index is -0.325. The summed E-state index contributed by atoms with van der Waals surface area (Å²) in [5.41, 5.74) is 2.83. The SMILES string of the molecule is Cc1ccc(-n2c3c(cc(C(=O)N4CC[NH+](C)CC4)c2=O)C(=O)CCC3)cc1. The molecule has 1 aromatic heterocycles. The van der Waals surface area contributed by atoms with Gasteiger partial charge >= 0.3 is 0 Å². The number of quaternary nitrogens is 1. The van der Waals surface area contributed by atoms with Crippen molar-refractivity contribution in [1.82, 2.24) is 9.47 Å². The molecule has 2 aliphatic rings. The number of aromatic nitrogens is 1. The summed E-state index contributed by atoms with van der Waals surface area (Å²) in [5, 5.41) is 0. The fourth-order valence-electron chi connectivity index (χ4n) is 4.07. The van der Waals surface area contributed by atoms with E-state index in [1.165, 1.54) is 4.90 Å². The van der Waals surface area contributed by atoms with Crippen molar-refractivity contribution in [3.05, 3.63) is 63.1 Å².